The summed E-state index contributed by atoms with van der Waals surface area (Å²) >= 11 is 0. The van der Waals surface area contributed by atoms with Crippen molar-refractivity contribution in [3.05, 3.63) is 35.6 Å². The van der Waals surface area contributed by atoms with Crippen molar-refractivity contribution in [2.45, 2.75) is 38.8 Å². The molecule has 23 heavy (non-hydrogen) atoms. The predicted molar refractivity (Wildman–Crippen MR) is 91.5 cm³/mol. The SMILES string of the molecule is CCN(CC(=O)O)C1CCN(C(C)c2cccc(F)c2)CC1.Cl. The number of likely N-dealkylation sites (N-methyl/N-ethyl adjacent to an activating group) is 1. The molecule has 0 bridgehead atoms. The number of nitrogens with zero attached hydrogens (tertiary/aromatic N) is 2. The van der Waals surface area contributed by atoms with Gasteiger partial charge in [0, 0.05) is 25.2 Å². The van der Waals surface area contributed by atoms with Gasteiger partial charge in [-0.05, 0) is 44.0 Å². The first-order valence-electron chi connectivity index (χ1n) is 7.96. The maximum absolute atomic E-state index is 13.3. The highest BCUT2D eigenvalue weighted by atomic mass is 35.5. The zero-order valence-electron chi connectivity index (χ0n) is 13.7. The third kappa shape index (κ3) is 5.44. The number of rotatable bonds is 6. The van der Waals surface area contributed by atoms with Crippen LogP contribution in [-0.4, -0.2) is 53.1 Å². The highest BCUT2D eigenvalue weighted by Gasteiger charge is 2.27. The lowest BCUT2D eigenvalue weighted by atomic mass is 9.99. The number of hydrogen-bond acceptors (Lipinski definition) is 3. The fraction of sp³-hybridized carbons (Fsp3) is 0.588. The zero-order valence-corrected chi connectivity index (χ0v) is 14.6. The minimum Gasteiger partial charge on any atom is -0.480 e. The van der Waals surface area contributed by atoms with Crippen LogP contribution < -0.4 is 0 Å². The molecule has 4 nitrogen and oxygen atoms in total. The van der Waals surface area contributed by atoms with E-state index in [1.165, 1.54) is 6.07 Å². The molecule has 0 aromatic heterocycles. The number of hydrogen-bond donors (Lipinski definition) is 1. The molecule has 1 aromatic rings. The number of carbonyl (C=O) groups is 1. The highest BCUT2D eigenvalue weighted by molar-refractivity contribution is 5.85. The van der Waals surface area contributed by atoms with Crippen molar-refractivity contribution in [1.29, 1.82) is 0 Å². The van der Waals surface area contributed by atoms with E-state index < -0.39 is 5.97 Å². The van der Waals surface area contributed by atoms with Gasteiger partial charge in [-0.15, -0.1) is 12.4 Å². The fourth-order valence-electron chi connectivity index (χ4n) is 3.29. The molecule has 0 amide bonds. The van der Waals surface area contributed by atoms with Gasteiger partial charge in [0.1, 0.15) is 5.82 Å². The number of piperidine rings is 1. The van der Waals surface area contributed by atoms with Crippen molar-refractivity contribution >= 4 is 18.4 Å². The van der Waals surface area contributed by atoms with Gasteiger partial charge in [0.2, 0.25) is 0 Å². The van der Waals surface area contributed by atoms with E-state index in [1.54, 1.807) is 12.1 Å². The van der Waals surface area contributed by atoms with Gasteiger partial charge in [-0.1, -0.05) is 19.1 Å². The van der Waals surface area contributed by atoms with Crippen LogP contribution >= 0.6 is 12.4 Å². The molecule has 0 aliphatic carbocycles. The molecule has 0 spiro atoms. The molecule has 0 saturated carbocycles. The standard InChI is InChI=1S/C17H25FN2O2.ClH/c1-3-19(12-17(21)22)16-7-9-20(10-8-16)13(2)14-5-4-6-15(18)11-14;/h4-6,11,13,16H,3,7-10,12H2,1-2H3,(H,21,22);1H. The average Bonchev–Trinajstić information content (AvgIpc) is 2.52. The van der Waals surface area contributed by atoms with Crippen molar-refractivity contribution in [1.82, 2.24) is 9.80 Å². The van der Waals surface area contributed by atoms with Gasteiger partial charge in [-0.2, -0.15) is 0 Å². The molecule has 1 heterocycles. The van der Waals surface area contributed by atoms with Crippen LogP contribution in [0.15, 0.2) is 24.3 Å². The predicted octanol–water partition coefficient (Wildman–Crippen LogP) is 3.18. The van der Waals surface area contributed by atoms with Gasteiger partial charge < -0.3 is 5.11 Å². The van der Waals surface area contributed by atoms with Crippen molar-refractivity contribution in [3.8, 4) is 0 Å². The second-order valence-electron chi connectivity index (χ2n) is 5.95. The summed E-state index contributed by atoms with van der Waals surface area (Å²) < 4.78 is 13.3. The molecule has 1 unspecified atom stereocenters. The van der Waals surface area contributed by atoms with Crippen LogP contribution in [0.3, 0.4) is 0 Å². The van der Waals surface area contributed by atoms with E-state index in [0.717, 1.165) is 38.0 Å². The molecular weight excluding hydrogens is 319 g/mol. The van der Waals surface area contributed by atoms with E-state index in [9.17, 15) is 9.18 Å². The first kappa shape index (κ1) is 19.9. The largest absolute Gasteiger partial charge is 0.480 e. The van der Waals surface area contributed by atoms with Gasteiger partial charge in [0.05, 0.1) is 6.54 Å². The first-order valence-corrected chi connectivity index (χ1v) is 7.96. The van der Waals surface area contributed by atoms with Gasteiger partial charge in [-0.3, -0.25) is 14.6 Å². The summed E-state index contributed by atoms with van der Waals surface area (Å²) in [6.45, 7) is 6.81. The van der Waals surface area contributed by atoms with Crippen molar-refractivity contribution in [2.24, 2.45) is 0 Å². The molecule has 2 rings (SSSR count). The molecular formula is C17H26ClFN2O2. The van der Waals surface area contributed by atoms with E-state index in [0.29, 0.717) is 6.04 Å². The monoisotopic (exact) mass is 344 g/mol. The Morgan fingerprint density at radius 3 is 2.61 bits per heavy atom. The molecule has 1 aromatic carbocycles. The molecule has 1 N–H and O–H groups in total. The Hall–Kier alpha value is -1.17. The molecule has 1 aliphatic heterocycles. The minimum atomic E-state index is -0.766. The maximum atomic E-state index is 13.3. The number of halogens is 2. The summed E-state index contributed by atoms with van der Waals surface area (Å²) in [5.41, 5.74) is 0.997. The average molecular weight is 345 g/mol. The Balaban J connectivity index is 0.00000264. The second kappa shape index (κ2) is 9.21. The summed E-state index contributed by atoms with van der Waals surface area (Å²) in [6, 6.07) is 7.29. The second-order valence-corrected chi connectivity index (χ2v) is 5.95. The van der Waals surface area contributed by atoms with Crippen LogP contribution in [-0.2, 0) is 4.79 Å². The van der Waals surface area contributed by atoms with Crippen LogP contribution in [0, 0.1) is 5.82 Å². The number of benzene rings is 1. The van der Waals surface area contributed by atoms with Crippen LogP contribution in [0.1, 0.15) is 38.3 Å². The zero-order chi connectivity index (χ0) is 16.1. The number of aliphatic carboxylic acids is 1. The van der Waals surface area contributed by atoms with Gasteiger partial charge >= 0.3 is 5.97 Å². The third-order valence-electron chi connectivity index (χ3n) is 4.64. The van der Waals surface area contributed by atoms with Gasteiger partial charge in [0.15, 0.2) is 0 Å². The molecule has 1 fully saturated rings. The van der Waals surface area contributed by atoms with Crippen molar-refractivity contribution in [3.63, 3.8) is 0 Å². The number of likely N-dealkylation sites (tertiary alicyclic amines) is 1. The topological polar surface area (TPSA) is 43.8 Å². The Kier molecular flexibility index (Phi) is 7.95. The van der Waals surface area contributed by atoms with Crippen LogP contribution in [0.2, 0.25) is 0 Å². The third-order valence-corrected chi connectivity index (χ3v) is 4.64. The van der Waals surface area contributed by atoms with Crippen LogP contribution in [0.5, 0.6) is 0 Å². The molecule has 130 valence electrons. The Morgan fingerprint density at radius 1 is 1.43 bits per heavy atom. The smallest absolute Gasteiger partial charge is 0.317 e. The van der Waals surface area contributed by atoms with E-state index in [-0.39, 0.29) is 30.8 Å². The van der Waals surface area contributed by atoms with Crippen molar-refractivity contribution in [2.75, 3.05) is 26.2 Å². The summed E-state index contributed by atoms with van der Waals surface area (Å²) in [5.74, 6) is -0.963. The van der Waals surface area contributed by atoms with E-state index >= 15 is 0 Å². The molecule has 1 aliphatic rings. The summed E-state index contributed by atoms with van der Waals surface area (Å²) in [5, 5.41) is 8.97. The Morgan fingerprint density at radius 2 is 2.09 bits per heavy atom. The van der Waals surface area contributed by atoms with E-state index in [1.807, 2.05) is 17.9 Å². The number of carboxylic acid groups (broad SMARTS) is 1. The normalized spacial score (nSPS) is 17.7. The van der Waals surface area contributed by atoms with E-state index in [4.69, 9.17) is 5.11 Å². The Labute approximate surface area is 143 Å². The molecule has 1 saturated heterocycles. The summed E-state index contributed by atoms with van der Waals surface area (Å²) in [4.78, 5) is 15.3. The van der Waals surface area contributed by atoms with Crippen LogP contribution in [0.4, 0.5) is 4.39 Å². The quantitative estimate of drug-likeness (QED) is 0.860. The summed E-state index contributed by atoms with van der Waals surface area (Å²) in [7, 11) is 0. The number of carboxylic acids is 1. The molecule has 0 radical (unpaired) electrons. The fourth-order valence-corrected chi connectivity index (χ4v) is 3.29. The Bertz CT molecular complexity index is 507. The molecule has 6 heteroatoms. The van der Waals surface area contributed by atoms with Gasteiger partial charge in [0.25, 0.3) is 0 Å². The maximum Gasteiger partial charge on any atom is 0.317 e. The van der Waals surface area contributed by atoms with Crippen LogP contribution in [0.25, 0.3) is 0 Å². The lowest BCUT2D eigenvalue weighted by Crippen LogP contribution is -2.47. The lowest BCUT2D eigenvalue weighted by molar-refractivity contribution is -0.139. The molecule has 1 atom stereocenters. The van der Waals surface area contributed by atoms with Crippen molar-refractivity contribution < 1.29 is 14.3 Å². The lowest BCUT2D eigenvalue weighted by Gasteiger charge is -2.40. The minimum absolute atomic E-state index is 0. The van der Waals surface area contributed by atoms with Gasteiger partial charge in [-0.25, -0.2) is 4.39 Å². The van der Waals surface area contributed by atoms with E-state index in [2.05, 4.69) is 11.8 Å². The highest BCUT2D eigenvalue weighted by Crippen LogP contribution is 2.26. The summed E-state index contributed by atoms with van der Waals surface area (Å²) in [6.07, 6.45) is 1.92. The first-order chi connectivity index (χ1) is 10.5.